The lowest BCUT2D eigenvalue weighted by Gasteiger charge is -2.31. The predicted molar refractivity (Wildman–Crippen MR) is 47.7 cm³/mol. The summed E-state index contributed by atoms with van der Waals surface area (Å²) in [5, 5.41) is 0. The Morgan fingerprint density at radius 3 is 2.64 bits per heavy atom. The van der Waals surface area contributed by atoms with Crippen molar-refractivity contribution >= 4 is 21.9 Å². The maximum Gasteiger partial charge on any atom is 0.206 e. The van der Waals surface area contributed by atoms with Crippen molar-refractivity contribution < 1.29 is 0 Å². The first-order valence-electron chi connectivity index (χ1n) is 3.71. The van der Waals surface area contributed by atoms with Crippen molar-refractivity contribution in [2.75, 3.05) is 18.0 Å². The van der Waals surface area contributed by atoms with Gasteiger partial charge in [-0.25, -0.2) is 4.98 Å². The molecule has 1 aromatic rings. The van der Waals surface area contributed by atoms with E-state index in [1.807, 2.05) is 13.2 Å². The van der Waals surface area contributed by atoms with Gasteiger partial charge in [-0.2, -0.15) is 0 Å². The van der Waals surface area contributed by atoms with Gasteiger partial charge in [0, 0.05) is 20.1 Å². The molecule has 1 aliphatic heterocycles. The summed E-state index contributed by atoms with van der Waals surface area (Å²) in [6, 6.07) is 0. The van der Waals surface area contributed by atoms with Crippen molar-refractivity contribution in [3.8, 4) is 0 Å². The van der Waals surface area contributed by atoms with Crippen LogP contribution in [0.2, 0.25) is 0 Å². The van der Waals surface area contributed by atoms with E-state index in [-0.39, 0.29) is 0 Å². The third-order valence-electron chi connectivity index (χ3n) is 2.05. The quantitative estimate of drug-likeness (QED) is 0.707. The van der Waals surface area contributed by atoms with E-state index in [0.29, 0.717) is 0 Å². The molecule has 1 aliphatic rings. The van der Waals surface area contributed by atoms with Gasteiger partial charge in [0.2, 0.25) is 5.95 Å². The second-order valence-electron chi connectivity index (χ2n) is 2.78. The fourth-order valence-corrected chi connectivity index (χ4v) is 1.45. The van der Waals surface area contributed by atoms with Crippen LogP contribution in [0.4, 0.5) is 5.95 Å². The van der Waals surface area contributed by atoms with Crippen LogP contribution in [0.3, 0.4) is 0 Å². The molecule has 0 saturated carbocycles. The first-order chi connectivity index (χ1) is 5.29. The molecule has 1 fully saturated rings. The van der Waals surface area contributed by atoms with E-state index >= 15 is 0 Å². The molecule has 4 heteroatoms. The topological polar surface area (TPSA) is 21.1 Å². The van der Waals surface area contributed by atoms with Gasteiger partial charge in [0.25, 0.3) is 0 Å². The molecule has 0 atom stereocenters. The fourth-order valence-electron chi connectivity index (χ4n) is 1.19. The Hall–Kier alpha value is -0.510. The van der Waals surface area contributed by atoms with Crippen molar-refractivity contribution in [2.24, 2.45) is 7.05 Å². The predicted octanol–water partition coefficient (Wildman–Crippen LogP) is 1.39. The molecule has 3 nitrogen and oxygen atoms in total. The summed E-state index contributed by atoms with van der Waals surface area (Å²) < 4.78 is 3.10. The highest BCUT2D eigenvalue weighted by Crippen LogP contribution is 2.21. The average Bonchev–Trinajstić information content (AvgIpc) is 2.15. The highest BCUT2D eigenvalue weighted by Gasteiger charge is 2.18. The first kappa shape index (κ1) is 7.16. The summed E-state index contributed by atoms with van der Waals surface area (Å²) in [6.07, 6.45) is 3.14. The number of aromatic nitrogens is 2. The van der Waals surface area contributed by atoms with Crippen molar-refractivity contribution in [1.29, 1.82) is 0 Å². The molecule has 0 aliphatic carbocycles. The monoisotopic (exact) mass is 215 g/mol. The summed E-state index contributed by atoms with van der Waals surface area (Å²) in [4.78, 5) is 6.55. The minimum Gasteiger partial charge on any atom is -0.342 e. The van der Waals surface area contributed by atoms with Crippen LogP contribution in [0.1, 0.15) is 6.42 Å². The minimum absolute atomic E-state index is 1.04. The van der Waals surface area contributed by atoms with Gasteiger partial charge in [-0.05, 0) is 22.4 Å². The molecule has 2 heterocycles. The molecule has 1 aromatic heterocycles. The number of halogens is 1. The average molecular weight is 216 g/mol. The molecule has 0 unspecified atom stereocenters. The number of anilines is 1. The zero-order valence-electron chi connectivity index (χ0n) is 6.42. The van der Waals surface area contributed by atoms with E-state index in [1.165, 1.54) is 6.42 Å². The molecule has 60 valence electrons. The zero-order valence-corrected chi connectivity index (χ0v) is 8.00. The Kier molecular flexibility index (Phi) is 1.64. The zero-order chi connectivity index (χ0) is 7.84. The molecule has 0 radical (unpaired) electrons. The summed E-state index contributed by atoms with van der Waals surface area (Å²) >= 11 is 3.41. The second kappa shape index (κ2) is 2.52. The SMILES string of the molecule is Cn1c(Br)cnc1N1CCC1. The molecule has 11 heavy (non-hydrogen) atoms. The van der Waals surface area contributed by atoms with E-state index < -0.39 is 0 Å². The highest BCUT2D eigenvalue weighted by atomic mass is 79.9. The molecule has 2 rings (SSSR count). The van der Waals surface area contributed by atoms with Gasteiger partial charge < -0.3 is 9.47 Å². The van der Waals surface area contributed by atoms with E-state index in [1.54, 1.807) is 0 Å². The van der Waals surface area contributed by atoms with Gasteiger partial charge in [-0.1, -0.05) is 0 Å². The molecule has 0 amide bonds. The largest absolute Gasteiger partial charge is 0.342 e. The number of nitrogens with zero attached hydrogens (tertiary/aromatic N) is 3. The van der Waals surface area contributed by atoms with Crippen LogP contribution in [0.15, 0.2) is 10.8 Å². The molecule has 0 aromatic carbocycles. The minimum atomic E-state index is 1.04. The van der Waals surface area contributed by atoms with Gasteiger partial charge in [-0.3, -0.25) is 0 Å². The third-order valence-corrected chi connectivity index (χ3v) is 2.78. The summed E-state index contributed by atoms with van der Waals surface area (Å²) in [7, 11) is 2.02. The Morgan fingerprint density at radius 2 is 2.27 bits per heavy atom. The lowest BCUT2D eigenvalue weighted by molar-refractivity contribution is 0.588. The number of imidazole rings is 1. The molecular weight excluding hydrogens is 206 g/mol. The Bertz CT molecular complexity index is 265. The summed E-state index contributed by atoms with van der Waals surface area (Å²) in [5.41, 5.74) is 0. The van der Waals surface area contributed by atoms with Gasteiger partial charge in [-0.15, -0.1) is 0 Å². The number of hydrogen-bond donors (Lipinski definition) is 0. The van der Waals surface area contributed by atoms with Crippen LogP contribution in [-0.2, 0) is 7.05 Å². The van der Waals surface area contributed by atoms with Crippen LogP contribution < -0.4 is 4.90 Å². The normalized spacial score (nSPS) is 16.7. The lowest BCUT2D eigenvalue weighted by atomic mass is 10.2. The van der Waals surface area contributed by atoms with E-state index in [9.17, 15) is 0 Å². The molecule has 0 bridgehead atoms. The molecule has 0 spiro atoms. The van der Waals surface area contributed by atoms with Gasteiger partial charge in [0.1, 0.15) is 4.60 Å². The van der Waals surface area contributed by atoms with Crippen LogP contribution in [0.5, 0.6) is 0 Å². The second-order valence-corrected chi connectivity index (χ2v) is 3.59. The number of rotatable bonds is 1. The van der Waals surface area contributed by atoms with Crippen LogP contribution in [0, 0.1) is 0 Å². The maximum absolute atomic E-state index is 4.28. The van der Waals surface area contributed by atoms with Gasteiger partial charge >= 0.3 is 0 Å². The van der Waals surface area contributed by atoms with Crippen molar-refractivity contribution in [2.45, 2.75) is 6.42 Å². The van der Waals surface area contributed by atoms with E-state index in [2.05, 4.69) is 30.4 Å². The smallest absolute Gasteiger partial charge is 0.206 e. The van der Waals surface area contributed by atoms with Gasteiger partial charge in [0.05, 0.1) is 6.20 Å². The van der Waals surface area contributed by atoms with Crippen LogP contribution in [0.25, 0.3) is 0 Å². The van der Waals surface area contributed by atoms with Crippen LogP contribution >= 0.6 is 15.9 Å². The molecular formula is C7H10BrN3. The van der Waals surface area contributed by atoms with Crippen LogP contribution in [-0.4, -0.2) is 22.6 Å². The van der Waals surface area contributed by atoms with Gasteiger partial charge in [0.15, 0.2) is 0 Å². The maximum atomic E-state index is 4.28. The van der Waals surface area contributed by atoms with Crippen molar-refractivity contribution in [1.82, 2.24) is 9.55 Å². The van der Waals surface area contributed by atoms with E-state index in [4.69, 9.17) is 0 Å². The Morgan fingerprint density at radius 1 is 1.55 bits per heavy atom. The fraction of sp³-hybridized carbons (Fsp3) is 0.571. The first-order valence-corrected chi connectivity index (χ1v) is 4.50. The number of hydrogen-bond acceptors (Lipinski definition) is 2. The molecule has 1 saturated heterocycles. The lowest BCUT2D eigenvalue weighted by Crippen LogP contribution is -2.38. The summed E-state index contributed by atoms with van der Waals surface area (Å²) in [5.74, 6) is 1.07. The Labute approximate surface area is 74.2 Å². The van der Waals surface area contributed by atoms with E-state index in [0.717, 1.165) is 23.6 Å². The summed E-state index contributed by atoms with van der Waals surface area (Å²) in [6.45, 7) is 2.30. The molecule has 0 N–H and O–H groups in total. The third kappa shape index (κ3) is 1.05. The van der Waals surface area contributed by atoms with Crippen molar-refractivity contribution in [3.63, 3.8) is 0 Å². The highest BCUT2D eigenvalue weighted by molar-refractivity contribution is 9.10. The Balaban J connectivity index is 2.29. The standard InChI is InChI=1S/C7H10BrN3/c1-10-6(8)5-9-7(10)11-3-2-4-11/h5H,2-4H2,1H3. The van der Waals surface area contributed by atoms with Crippen molar-refractivity contribution in [3.05, 3.63) is 10.8 Å².